The van der Waals surface area contributed by atoms with Crippen LogP contribution in [0.4, 0.5) is 0 Å². The van der Waals surface area contributed by atoms with Gasteiger partial charge in [-0.2, -0.15) is 0 Å². The van der Waals surface area contributed by atoms with Crippen molar-refractivity contribution in [1.82, 2.24) is 10.7 Å². The van der Waals surface area contributed by atoms with Crippen LogP contribution < -0.4 is 10.7 Å². The predicted octanol–water partition coefficient (Wildman–Crippen LogP) is 0.583. The molecular formula is C4H14B2N2. The average molecular weight is 112 g/mol. The lowest BCUT2D eigenvalue weighted by atomic mass is 9.66. The maximum Gasteiger partial charge on any atom is 0.229 e. The third-order valence-electron chi connectivity index (χ3n) is 0.661. The lowest BCUT2D eigenvalue weighted by Crippen LogP contribution is -2.46. The quantitative estimate of drug-likeness (QED) is 0.412. The van der Waals surface area contributed by atoms with Crippen molar-refractivity contribution in [2.24, 2.45) is 0 Å². The molecule has 0 amide bonds. The summed E-state index contributed by atoms with van der Waals surface area (Å²) in [5.74, 6) is 0. The molecule has 2 nitrogen and oxygen atoms in total. The summed E-state index contributed by atoms with van der Waals surface area (Å²) < 4.78 is 0. The molecule has 0 saturated heterocycles. The molecular weight excluding hydrogens is 97.7 g/mol. The first-order valence-corrected chi connectivity index (χ1v) is 3.14. The molecule has 0 fully saturated rings. The van der Waals surface area contributed by atoms with Crippen LogP contribution in [0.25, 0.3) is 0 Å². The van der Waals surface area contributed by atoms with Gasteiger partial charge in [0.05, 0.1) is 0 Å². The van der Waals surface area contributed by atoms with Crippen LogP contribution >= 0.6 is 0 Å². The summed E-state index contributed by atoms with van der Waals surface area (Å²) in [5, 5.41) is 6.19. The highest BCUT2D eigenvalue weighted by Crippen LogP contribution is 1.69. The van der Waals surface area contributed by atoms with Crippen LogP contribution in [0.1, 0.15) is 0 Å². The third-order valence-corrected chi connectivity index (χ3v) is 0.661. The maximum atomic E-state index is 3.09. The Kier molecular flexibility index (Phi) is 4.01. The van der Waals surface area contributed by atoms with Gasteiger partial charge in [-0.15, -0.1) is 0 Å². The summed E-state index contributed by atoms with van der Waals surface area (Å²) >= 11 is 0. The zero-order chi connectivity index (χ0) is 6.57. The summed E-state index contributed by atoms with van der Waals surface area (Å²) in [6.45, 7) is 9.48. The minimum Gasteiger partial charge on any atom is -0.307 e. The van der Waals surface area contributed by atoms with Crippen molar-refractivity contribution in [1.29, 1.82) is 0 Å². The number of hydrogen-bond acceptors (Lipinski definition) is 2. The lowest BCUT2D eigenvalue weighted by Gasteiger charge is -2.07. The standard InChI is InChI=1S/C4H14B2N2/c1-5(2)7-8-6(3)4/h7-8H,1-4H3. The number of hydrazine groups is 1. The largest absolute Gasteiger partial charge is 0.307 e. The summed E-state index contributed by atoms with van der Waals surface area (Å²) in [5.41, 5.74) is 0. The van der Waals surface area contributed by atoms with Gasteiger partial charge >= 0.3 is 0 Å². The molecule has 0 radical (unpaired) electrons. The first-order chi connectivity index (χ1) is 3.63. The Morgan fingerprint density at radius 3 is 1.12 bits per heavy atom. The summed E-state index contributed by atoms with van der Waals surface area (Å²) in [6.07, 6.45) is 0. The molecule has 0 atom stereocenters. The van der Waals surface area contributed by atoms with Crippen LogP contribution in [-0.2, 0) is 0 Å². The van der Waals surface area contributed by atoms with E-state index in [2.05, 4.69) is 38.0 Å². The second kappa shape index (κ2) is 3.98. The predicted molar refractivity (Wildman–Crippen MR) is 41.2 cm³/mol. The van der Waals surface area contributed by atoms with E-state index in [1.807, 2.05) is 0 Å². The Hall–Kier alpha value is 0.0499. The zero-order valence-electron chi connectivity index (χ0n) is 6.15. The highest BCUT2D eigenvalue weighted by Gasteiger charge is 1.98. The molecule has 0 heterocycles. The first kappa shape index (κ1) is 8.05. The molecule has 4 heteroatoms. The fraction of sp³-hybridized carbons (Fsp3) is 1.00. The topological polar surface area (TPSA) is 24.1 Å². The zero-order valence-corrected chi connectivity index (χ0v) is 6.15. The summed E-state index contributed by atoms with van der Waals surface area (Å²) in [7, 11) is 0. The van der Waals surface area contributed by atoms with Crippen LogP contribution in [0, 0.1) is 0 Å². The van der Waals surface area contributed by atoms with Crippen LogP contribution in [0.15, 0.2) is 0 Å². The molecule has 0 bridgehead atoms. The van der Waals surface area contributed by atoms with Crippen LogP contribution in [0.2, 0.25) is 27.3 Å². The molecule has 46 valence electrons. The van der Waals surface area contributed by atoms with Gasteiger partial charge in [0.1, 0.15) is 0 Å². The van der Waals surface area contributed by atoms with Crippen molar-refractivity contribution >= 4 is 13.7 Å². The van der Waals surface area contributed by atoms with Crippen molar-refractivity contribution in [3.63, 3.8) is 0 Å². The number of rotatable bonds is 3. The van der Waals surface area contributed by atoms with Crippen LogP contribution in [-0.4, -0.2) is 13.7 Å². The van der Waals surface area contributed by atoms with Gasteiger partial charge in [-0.3, -0.25) is 0 Å². The van der Waals surface area contributed by atoms with Gasteiger partial charge < -0.3 is 10.7 Å². The second-order valence-corrected chi connectivity index (χ2v) is 2.60. The molecule has 0 aliphatic carbocycles. The fourth-order valence-electron chi connectivity index (χ4n) is 0.333. The molecule has 0 unspecified atom stereocenters. The molecule has 0 rings (SSSR count). The van der Waals surface area contributed by atoms with Gasteiger partial charge in [-0.1, -0.05) is 27.3 Å². The minimum atomic E-state index is 0.525. The Labute approximate surface area is 52.6 Å². The van der Waals surface area contributed by atoms with E-state index in [1.165, 1.54) is 0 Å². The summed E-state index contributed by atoms with van der Waals surface area (Å²) in [6, 6.07) is 0. The normalized spacial score (nSPS) is 9.00. The Morgan fingerprint density at radius 2 is 1.00 bits per heavy atom. The summed E-state index contributed by atoms with van der Waals surface area (Å²) in [4.78, 5) is 0. The van der Waals surface area contributed by atoms with E-state index in [0.717, 1.165) is 0 Å². The highest BCUT2D eigenvalue weighted by molar-refractivity contribution is 6.57. The molecule has 8 heavy (non-hydrogen) atoms. The monoisotopic (exact) mass is 112 g/mol. The van der Waals surface area contributed by atoms with Gasteiger partial charge in [0.2, 0.25) is 13.7 Å². The lowest BCUT2D eigenvalue weighted by molar-refractivity contribution is 0.905. The molecule has 0 aliphatic heterocycles. The fourth-order valence-corrected chi connectivity index (χ4v) is 0.333. The van der Waals surface area contributed by atoms with E-state index in [4.69, 9.17) is 0 Å². The third kappa shape index (κ3) is 6.05. The van der Waals surface area contributed by atoms with Gasteiger partial charge in [0, 0.05) is 0 Å². The SMILES string of the molecule is CB(C)NNB(C)C. The molecule has 0 aromatic heterocycles. The first-order valence-electron chi connectivity index (χ1n) is 3.14. The van der Waals surface area contributed by atoms with Crippen molar-refractivity contribution in [3.05, 3.63) is 0 Å². The van der Waals surface area contributed by atoms with E-state index in [1.54, 1.807) is 0 Å². The molecule has 0 spiro atoms. The Bertz CT molecular complexity index is 48.0. The smallest absolute Gasteiger partial charge is 0.229 e. The molecule has 0 aromatic carbocycles. The number of nitrogens with one attached hydrogen (secondary N) is 2. The average Bonchev–Trinajstić information content (AvgIpc) is 1.61. The van der Waals surface area contributed by atoms with Crippen LogP contribution in [0.5, 0.6) is 0 Å². The van der Waals surface area contributed by atoms with Crippen molar-refractivity contribution in [2.45, 2.75) is 27.3 Å². The molecule has 0 saturated carbocycles. The number of hydrogen-bond donors (Lipinski definition) is 2. The van der Waals surface area contributed by atoms with Crippen molar-refractivity contribution < 1.29 is 0 Å². The second-order valence-electron chi connectivity index (χ2n) is 2.60. The Morgan fingerprint density at radius 1 is 0.750 bits per heavy atom. The van der Waals surface area contributed by atoms with Crippen molar-refractivity contribution in [2.75, 3.05) is 0 Å². The van der Waals surface area contributed by atoms with E-state index in [9.17, 15) is 0 Å². The van der Waals surface area contributed by atoms with Gasteiger partial charge in [-0.25, -0.2) is 0 Å². The van der Waals surface area contributed by atoms with E-state index in [0.29, 0.717) is 13.7 Å². The van der Waals surface area contributed by atoms with Crippen LogP contribution in [0.3, 0.4) is 0 Å². The maximum absolute atomic E-state index is 3.09. The van der Waals surface area contributed by atoms with E-state index in [-0.39, 0.29) is 0 Å². The molecule has 2 N–H and O–H groups in total. The molecule has 0 aliphatic rings. The molecule has 0 aromatic rings. The minimum absolute atomic E-state index is 0.525. The van der Waals surface area contributed by atoms with Gasteiger partial charge in [0.25, 0.3) is 0 Å². The van der Waals surface area contributed by atoms with E-state index < -0.39 is 0 Å². The highest BCUT2D eigenvalue weighted by atomic mass is 15.3. The van der Waals surface area contributed by atoms with Gasteiger partial charge in [-0.05, 0) is 0 Å². The van der Waals surface area contributed by atoms with Crippen molar-refractivity contribution in [3.8, 4) is 0 Å². The Balaban J connectivity index is 2.93. The van der Waals surface area contributed by atoms with E-state index >= 15 is 0 Å². The van der Waals surface area contributed by atoms with Gasteiger partial charge in [0.15, 0.2) is 0 Å².